The average molecular weight is 528 g/mol. The summed E-state index contributed by atoms with van der Waals surface area (Å²) in [5.41, 5.74) is -0.138. The van der Waals surface area contributed by atoms with Crippen molar-refractivity contribution in [2.45, 2.75) is 44.0 Å². The maximum atomic E-state index is 13.8. The minimum Gasteiger partial charge on any atom is -0.453 e. The topological polar surface area (TPSA) is 112 Å². The van der Waals surface area contributed by atoms with Crippen LogP contribution >= 0.6 is 15.9 Å². The molecular formula is C21H21BrF3N5O3. The molecule has 176 valence electrons. The molecule has 3 aromatic rings. The van der Waals surface area contributed by atoms with Gasteiger partial charge in [-0.05, 0) is 47.7 Å². The quantitative estimate of drug-likeness (QED) is 0.366. The molecule has 1 aliphatic carbocycles. The normalized spacial score (nSPS) is 18.8. The number of alkyl halides is 3. The fourth-order valence-corrected chi connectivity index (χ4v) is 4.52. The number of hydrogen-bond acceptors (Lipinski definition) is 6. The highest BCUT2D eigenvalue weighted by molar-refractivity contribution is 9.10. The number of carbonyl (C=O) groups excluding carboxylic acids is 1. The van der Waals surface area contributed by atoms with Gasteiger partial charge in [0.15, 0.2) is 0 Å². The third-order valence-electron chi connectivity index (χ3n) is 5.54. The van der Waals surface area contributed by atoms with E-state index < -0.39 is 23.9 Å². The summed E-state index contributed by atoms with van der Waals surface area (Å²) in [6.07, 6.45) is -0.831. The number of aliphatic hydroxyl groups excluding tert-OH is 1. The van der Waals surface area contributed by atoms with Crippen LogP contribution in [-0.2, 0) is 10.9 Å². The minimum absolute atomic E-state index is 0.0643. The first-order valence-electron chi connectivity index (χ1n) is 10.2. The van der Waals surface area contributed by atoms with Gasteiger partial charge < -0.3 is 20.1 Å². The van der Waals surface area contributed by atoms with Gasteiger partial charge >= 0.3 is 12.3 Å². The molecule has 4 N–H and O–H groups in total. The van der Waals surface area contributed by atoms with E-state index >= 15 is 0 Å². The van der Waals surface area contributed by atoms with Crippen molar-refractivity contribution in [2.24, 2.45) is 0 Å². The van der Waals surface area contributed by atoms with Crippen molar-refractivity contribution in [3.8, 4) is 11.3 Å². The van der Waals surface area contributed by atoms with Crippen molar-refractivity contribution in [3.05, 3.63) is 34.6 Å². The molecule has 2 aromatic heterocycles. The number of ether oxygens (including phenoxy) is 1. The van der Waals surface area contributed by atoms with E-state index in [-0.39, 0.29) is 23.2 Å². The first-order valence-corrected chi connectivity index (χ1v) is 11.0. The molecule has 0 spiro atoms. The van der Waals surface area contributed by atoms with Crippen LogP contribution in [0.5, 0.6) is 0 Å². The third kappa shape index (κ3) is 4.91. The second-order valence-corrected chi connectivity index (χ2v) is 8.58. The molecule has 0 saturated heterocycles. The van der Waals surface area contributed by atoms with Gasteiger partial charge in [0.05, 0.1) is 34.6 Å². The highest BCUT2D eigenvalue weighted by Crippen LogP contribution is 2.41. The first kappa shape index (κ1) is 23.3. The van der Waals surface area contributed by atoms with Gasteiger partial charge in [0.2, 0.25) is 5.95 Å². The molecule has 1 amide bonds. The number of halogens is 4. The van der Waals surface area contributed by atoms with Crippen molar-refractivity contribution in [1.29, 1.82) is 0 Å². The number of anilines is 2. The molecule has 0 aliphatic heterocycles. The lowest BCUT2D eigenvalue weighted by atomic mass is 9.93. The number of methoxy groups -OCH3 is 1. The van der Waals surface area contributed by atoms with Gasteiger partial charge in [0.1, 0.15) is 5.56 Å². The maximum Gasteiger partial charge on any atom is 0.419 e. The van der Waals surface area contributed by atoms with Crippen molar-refractivity contribution in [3.63, 3.8) is 0 Å². The Morgan fingerprint density at radius 2 is 2.12 bits per heavy atom. The number of amides is 1. The lowest BCUT2D eigenvalue weighted by molar-refractivity contribution is -0.137. The molecule has 0 radical (unpaired) electrons. The number of fused-ring (bicyclic) bond motifs is 1. The smallest absolute Gasteiger partial charge is 0.419 e. The van der Waals surface area contributed by atoms with Gasteiger partial charge in [-0.3, -0.25) is 5.32 Å². The highest BCUT2D eigenvalue weighted by atomic mass is 79.9. The van der Waals surface area contributed by atoms with Crippen LogP contribution in [0.3, 0.4) is 0 Å². The Morgan fingerprint density at radius 1 is 1.33 bits per heavy atom. The number of carbonyl (C=O) groups is 1. The van der Waals surface area contributed by atoms with E-state index in [2.05, 4.69) is 46.3 Å². The number of hydrogen-bond donors (Lipinski definition) is 4. The van der Waals surface area contributed by atoms with Gasteiger partial charge in [0.25, 0.3) is 0 Å². The van der Waals surface area contributed by atoms with Gasteiger partial charge in [0, 0.05) is 29.4 Å². The minimum atomic E-state index is -4.66. The van der Waals surface area contributed by atoms with Crippen LogP contribution in [0.25, 0.3) is 22.2 Å². The summed E-state index contributed by atoms with van der Waals surface area (Å²) in [5.74, 6) is 0.0643. The molecule has 2 heterocycles. The molecular weight excluding hydrogens is 507 g/mol. The van der Waals surface area contributed by atoms with Crippen LogP contribution in [-0.4, -0.2) is 45.4 Å². The monoisotopic (exact) mass is 527 g/mol. The maximum absolute atomic E-state index is 13.8. The molecule has 12 heteroatoms. The predicted molar refractivity (Wildman–Crippen MR) is 120 cm³/mol. The number of aromatic amines is 1. The number of nitrogens with one attached hydrogen (secondary N) is 3. The lowest BCUT2D eigenvalue weighted by Gasteiger charge is -2.26. The van der Waals surface area contributed by atoms with Crippen LogP contribution in [0.2, 0.25) is 0 Å². The second kappa shape index (κ2) is 9.18. The highest BCUT2D eigenvalue weighted by Gasteiger charge is 2.36. The number of rotatable bonds is 4. The summed E-state index contributed by atoms with van der Waals surface area (Å²) in [7, 11) is 1.22. The Labute approximate surface area is 195 Å². The fourth-order valence-electron chi connectivity index (χ4n) is 3.96. The fraction of sp³-hybridized carbons (Fsp3) is 0.381. The Kier molecular flexibility index (Phi) is 6.48. The van der Waals surface area contributed by atoms with E-state index in [1.807, 2.05) is 0 Å². The van der Waals surface area contributed by atoms with E-state index in [0.29, 0.717) is 33.9 Å². The zero-order valence-electron chi connectivity index (χ0n) is 17.5. The molecule has 0 unspecified atom stereocenters. The molecule has 1 fully saturated rings. The van der Waals surface area contributed by atoms with E-state index in [1.165, 1.54) is 13.3 Å². The van der Waals surface area contributed by atoms with Gasteiger partial charge in [-0.2, -0.15) is 13.2 Å². The molecule has 1 aromatic carbocycles. The van der Waals surface area contributed by atoms with Crippen LogP contribution in [0.1, 0.15) is 31.2 Å². The van der Waals surface area contributed by atoms with Gasteiger partial charge in [-0.25, -0.2) is 14.8 Å². The summed E-state index contributed by atoms with van der Waals surface area (Å²) in [6.45, 7) is 0. The van der Waals surface area contributed by atoms with E-state index in [9.17, 15) is 23.1 Å². The van der Waals surface area contributed by atoms with Crippen LogP contribution < -0.4 is 10.6 Å². The molecule has 1 aliphatic rings. The van der Waals surface area contributed by atoms with Crippen molar-refractivity contribution >= 4 is 44.6 Å². The summed E-state index contributed by atoms with van der Waals surface area (Å²) in [5, 5.41) is 15.9. The third-order valence-corrected chi connectivity index (χ3v) is 6.37. The van der Waals surface area contributed by atoms with E-state index in [1.54, 1.807) is 12.1 Å². The standard InChI is InChI=1S/C21H21BrF3N5O3/c1-33-20(32)29-15-6-5-12-13(8-26-18(12)16(15)22)17-14(21(23,24)25)9-27-19(30-17)28-10-3-2-4-11(31)7-10/h5-6,8-11,26,31H,2-4,7H2,1H3,(H,29,32)(H,27,28,30)/t10-,11-/m0/s1. The summed E-state index contributed by atoms with van der Waals surface area (Å²) in [6, 6.07) is 3.02. The molecule has 4 rings (SSSR count). The zero-order valence-corrected chi connectivity index (χ0v) is 19.0. The first-order chi connectivity index (χ1) is 15.7. The Bertz CT molecular complexity index is 1180. The van der Waals surface area contributed by atoms with Crippen molar-refractivity contribution in [1.82, 2.24) is 15.0 Å². The van der Waals surface area contributed by atoms with E-state index in [0.717, 1.165) is 19.0 Å². The molecule has 1 saturated carbocycles. The largest absolute Gasteiger partial charge is 0.453 e. The SMILES string of the molecule is COC(=O)Nc1ccc2c(-c3nc(N[C@H]4CCC[C@H](O)C4)ncc3C(F)(F)F)c[nH]c2c1Br. The Morgan fingerprint density at radius 3 is 2.82 bits per heavy atom. The van der Waals surface area contributed by atoms with Crippen LogP contribution in [0.15, 0.2) is 29.0 Å². The van der Waals surface area contributed by atoms with Crippen molar-refractivity contribution in [2.75, 3.05) is 17.7 Å². The molecule has 0 bridgehead atoms. The predicted octanol–water partition coefficient (Wildman–Crippen LogP) is 5.30. The number of aliphatic hydroxyl groups is 1. The lowest BCUT2D eigenvalue weighted by Crippen LogP contribution is -2.30. The Balaban J connectivity index is 1.76. The summed E-state index contributed by atoms with van der Waals surface area (Å²) in [4.78, 5) is 22.6. The number of benzene rings is 1. The summed E-state index contributed by atoms with van der Waals surface area (Å²) >= 11 is 3.38. The number of aromatic nitrogens is 3. The average Bonchev–Trinajstić information content (AvgIpc) is 3.19. The second-order valence-electron chi connectivity index (χ2n) is 7.78. The summed E-state index contributed by atoms with van der Waals surface area (Å²) < 4.78 is 46.4. The molecule has 2 atom stereocenters. The number of H-pyrrole nitrogens is 1. The van der Waals surface area contributed by atoms with E-state index in [4.69, 9.17) is 0 Å². The van der Waals surface area contributed by atoms with Crippen LogP contribution in [0.4, 0.5) is 29.6 Å². The Hall–Kier alpha value is -2.86. The molecule has 8 nitrogen and oxygen atoms in total. The zero-order chi connectivity index (χ0) is 23.8. The van der Waals surface area contributed by atoms with Gasteiger partial charge in [-0.15, -0.1) is 0 Å². The number of nitrogens with zero attached hydrogens (tertiary/aromatic N) is 2. The van der Waals surface area contributed by atoms with Crippen molar-refractivity contribution < 1.29 is 27.8 Å². The molecule has 33 heavy (non-hydrogen) atoms. The van der Waals surface area contributed by atoms with Gasteiger partial charge in [-0.1, -0.05) is 6.07 Å². The van der Waals surface area contributed by atoms with Crippen LogP contribution in [0, 0.1) is 0 Å².